The van der Waals surface area contributed by atoms with Crippen molar-refractivity contribution in [1.82, 2.24) is 19.9 Å². The summed E-state index contributed by atoms with van der Waals surface area (Å²) in [6, 6.07) is 0. The van der Waals surface area contributed by atoms with Crippen LogP contribution in [0.3, 0.4) is 0 Å². The molecule has 0 saturated carbocycles. The van der Waals surface area contributed by atoms with E-state index in [9.17, 15) is 8.42 Å². The van der Waals surface area contributed by atoms with Crippen molar-refractivity contribution in [2.45, 2.75) is 39.7 Å². The van der Waals surface area contributed by atoms with E-state index in [0.717, 1.165) is 29.6 Å². The van der Waals surface area contributed by atoms with Gasteiger partial charge in [0.15, 0.2) is 5.96 Å². The average molecular weight is 388 g/mol. The van der Waals surface area contributed by atoms with Crippen molar-refractivity contribution in [3.63, 3.8) is 0 Å². The van der Waals surface area contributed by atoms with Gasteiger partial charge in [-0.15, -0.1) is 11.3 Å². The number of sulfonamides is 1. The Morgan fingerprint density at radius 3 is 2.80 bits per heavy atom. The van der Waals surface area contributed by atoms with Crippen LogP contribution in [-0.4, -0.2) is 56.1 Å². The predicted octanol–water partition coefficient (Wildman–Crippen LogP) is 1.60. The Labute approximate surface area is 155 Å². The largest absolute Gasteiger partial charge is 0.357 e. The van der Waals surface area contributed by atoms with E-state index in [1.807, 2.05) is 6.92 Å². The Morgan fingerprint density at radius 2 is 2.24 bits per heavy atom. The Kier molecular flexibility index (Phi) is 7.21. The monoisotopic (exact) mass is 387 g/mol. The average Bonchev–Trinajstić information content (AvgIpc) is 3.18. The zero-order valence-electron chi connectivity index (χ0n) is 15.4. The van der Waals surface area contributed by atoms with Gasteiger partial charge in [-0.05, 0) is 25.2 Å². The van der Waals surface area contributed by atoms with E-state index in [4.69, 9.17) is 0 Å². The number of hydrogen-bond acceptors (Lipinski definition) is 5. The van der Waals surface area contributed by atoms with Crippen molar-refractivity contribution in [3.05, 3.63) is 16.1 Å². The van der Waals surface area contributed by atoms with Gasteiger partial charge >= 0.3 is 0 Å². The summed E-state index contributed by atoms with van der Waals surface area (Å²) >= 11 is 1.64. The molecule has 1 aliphatic rings. The smallest absolute Gasteiger partial charge is 0.211 e. The fraction of sp³-hybridized carbons (Fsp3) is 0.750. The first-order valence-electron chi connectivity index (χ1n) is 8.71. The molecule has 1 aromatic heterocycles. The van der Waals surface area contributed by atoms with E-state index in [2.05, 4.69) is 39.8 Å². The van der Waals surface area contributed by atoms with Gasteiger partial charge in [0.25, 0.3) is 0 Å². The van der Waals surface area contributed by atoms with Crippen molar-refractivity contribution < 1.29 is 8.42 Å². The van der Waals surface area contributed by atoms with Crippen LogP contribution in [0.2, 0.25) is 0 Å². The van der Waals surface area contributed by atoms with Crippen LogP contribution in [0.4, 0.5) is 0 Å². The highest BCUT2D eigenvalue weighted by atomic mass is 32.2. The summed E-state index contributed by atoms with van der Waals surface area (Å²) < 4.78 is 24.7. The van der Waals surface area contributed by atoms with Gasteiger partial charge in [0.2, 0.25) is 10.0 Å². The molecule has 1 atom stereocenters. The molecular weight excluding hydrogens is 358 g/mol. The second-order valence-electron chi connectivity index (χ2n) is 6.67. The molecule has 1 fully saturated rings. The van der Waals surface area contributed by atoms with E-state index >= 15 is 0 Å². The van der Waals surface area contributed by atoms with Gasteiger partial charge in [-0.3, -0.25) is 0 Å². The van der Waals surface area contributed by atoms with Crippen molar-refractivity contribution in [1.29, 1.82) is 0 Å². The van der Waals surface area contributed by atoms with Crippen LogP contribution < -0.4 is 10.6 Å². The molecule has 0 aromatic carbocycles. The molecular formula is C16H29N5O2S2. The van der Waals surface area contributed by atoms with Crippen LogP contribution in [0.15, 0.2) is 10.4 Å². The number of nitrogens with one attached hydrogen (secondary N) is 2. The molecule has 0 amide bonds. The Bertz CT molecular complexity index is 684. The maximum Gasteiger partial charge on any atom is 0.211 e. The molecule has 1 aliphatic heterocycles. The topological polar surface area (TPSA) is 86.7 Å². The van der Waals surface area contributed by atoms with Crippen LogP contribution in [0.25, 0.3) is 0 Å². The molecule has 2 rings (SSSR count). The van der Waals surface area contributed by atoms with Crippen LogP contribution in [0.1, 0.15) is 43.8 Å². The van der Waals surface area contributed by atoms with Gasteiger partial charge in [0.1, 0.15) is 5.01 Å². The highest BCUT2D eigenvalue weighted by Gasteiger charge is 2.28. The fourth-order valence-electron chi connectivity index (χ4n) is 2.66. The zero-order chi connectivity index (χ0) is 18.4. The number of thiazole rings is 1. The second kappa shape index (κ2) is 8.95. The number of aliphatic imine (C=N–C) groups is 1. The first-order valence-corrected chi connectivity index (χ1v) is 11.4. The molecule has 0 aliphatic carbocycles. The molecule has 25 heavy (non-hydrogen) atoms. The van der Waals surface area contributed by atoms with Gasteiger partial charge in [-0.25, -0.2) is 22.7 Å². The zero-order valence-corrected chi connectivity index (χ0v) is 17.1. The van der Waals surface area contributed by atoms with Gasteiger partial charge in [-0.1, -0.05) is 13.8 Å². The summed E-state index contributed by atoms with van der Waals surface area (Å²) in [5.41, 5.74) is 1.11. The first-order chi connectivity index (χ1) is 11.8. The van der Waals surface area contributed by atoms with E-state index in [-0.39, 0.29) is 0 Å². The first kappa shape index (κ1) is 20.1. The SMILES string of the molecule is CCNC(=NCc1nc(C(C)C)cs1)NCC1CCN(S(C)(=O)=O)C1. The van der Waals surface area contributed by atoms with E-state index < -0.39 is 10.0 Å². The lowest BCUT2D eigenvalue weighted by molar-refractivity contribution is 0.459. The Hall–Kier alpha value is -1.19. The third kappa shape index (κ3) is 6.23. The van der Waals surface area contributed by atoms with Crippen LogP contribution in [0.5, 0.6) is 0 Å². The Morgan fingerprint density at radius 1 is 1.48 bits per heavy atom. The van der Waals surface area contributed by atoms with E-state index in [1.54, 1.807) is 15.6 Å². The number of nitrogens with zero attached hydrogens (tertiary/aromatic N) is 3. The summed E-state index contributed by atoms with van der Waals surface area (Å²) in [6.45, 7) is 9.52. The number of guanidine groups is 1. The third-order valence-electron chi connectivity index (χ3n) is 4.15. The molecule has 1 saturated heterocycles. The lowest BCUT2D eigenvalue weighted by Crippen LogP contribution is -2.40. The molecule has 1 unspecified atom stereocenters. The third-order valence-corrected chi connectivity index (χ3v) is 6.27. The molecule has 0 bridgehead atoms. The maximum atomic E-state index is 11.6. The Balaban J connectivity index is 1.87. The number of rotatable bonds is 7. The lowest BCUT2D eigenvalue weighted by atomic mass is 10.1. The minimum absolute atomic E-state index is 0.311. The van der Waals surface area contributed by atoms with Crippen LogP contribution >= 0.6 is 11.3 Å². The molecule has 2 heterocycles. The second-order valence-corrected chi connectivity index (χ2v) is 9.60. The molecule has 142 valence electrons. The lowest BCUT2D eigenvalue weighted by Gasteiger charge is -2.16. The summed E-state index contributed by atoms with van der Waals surface area (Å²) in [7, 11) is -3.08. The number of aromatic nitrogens is 1. The van der Waals surface area contributed by atoms with E-state index in [0.29, 0.717) is 38.0 Å². The molecule has 2 N–H and O–H groups in total. The summed E-state index contributed by atoms with van der Waals surface area (Å²) in [5.74, 6) is 1.49. The predicted molar refractivity (Wildman–Crippen MR) is 104 cm³/mol. The fourth-order valence-corrected chi connectivity index (χ4v) is 4.45. The summed E-state index contributed by atoms with van der Waals surface area (Å²) in [6.07, 6.45) is 2.15. The minimum atomic E-state index is -3.08. The summed E-state index contributed by atoms with van der Waals surface area (Å²) in [4.78, 5) is 9.19. The van der Waals surface area contributed by atoms with Crippen LogP contribution in [-0.2, 0) is 16.6 Å². The standard InChI is InChI=1S/C16H29N5O2S2/c1-5-17-16(19-9-15-20-14(11-24-15)12(2)3)18-8-13-6-7-21(10-13)25(4,22)23/h11-13H,5-10H2,1-4H3,(H2,17,18,19). The van der Waals surface area contributed by atoms with Gasteiger partial charge in [0.05, 0.1) is 18.5 Å². The highest BCUT2D eigenvalue weighted by molar-refractivity contribution is 7.88. The molecule has 9 heteroatoms. The quantitative estimate of drug-likeness (QED) is 0.548. The van der Waals surface area contributed by atoms with Crippen molar-refractivity contribution >= 4 is 27.3 Å². The van der Waals surface area contributed by atoms with Crippen LogP contribution in [0, 0.1) is 5.92 Å². The minimum Gasteiger partial charge on any atom is -0.357 e. The summed E-state index contributed by atoms with van der Waals surface area (Å²) in [5, 5.41) is 9.66. The molecule has 0 radical (unpaired) electrons. The van der Waals surface area contributed by atoms with Gasteiger partial charge < -0.3 is 10.6 Å². The van der Waals surface area contributed by atoms with Crippen molar-refractivity contribution in [2.24, 2.45) is 10.9 Å². The number of hydrogen-bond donors (Lipinski definition) is 2. The normalized spacial score (nSPS) is 19.6. The van der Waals surface area contributed by atoms with E-state index in [1.165, 1.54) is 6.26 Å². The molecule has 0 spiro atoms. The highest BCUT2D eigenvalue weighted by Crippen LogP contribution is 2.19. The van der Waals surface area contributed by atoms with Crippen molar-refractivity contribution in [2.75, 3.05) is 32.4 Å². The molecule has 1 aromatic rings. The molecule has 7 nitrogen and oxygen atoms in total. The van der Waals surface area contributed by atoms with Crippen molar-refractivity contribution in [3.8, 4) is 0 Å². The van der Waals surface area contributed by atoms with Gasteiger partial charge in [0, 0.05) is 31.6 Å². The van der Waals surface area contributed by atoms with Gasteiger partial charge in [-0.2, -0.15) is 0 Å². The maximum absolute atomic E-state index is 11.6.